The molecule has 0 atom stereocenters. The fourth-order valence-corrected chi connectivity index (χ4v) is 2.38. The summed E-state index contributed by atoms with van der Waals surface area (Å²) in [5.41, 5.74) is 0.916. The normalized spacial score (nSPS) is 10.9. The number of benzene rings is 1. The SMILES string of the molecule is CSc1ccc(N(C)Cc2cc3ccccc3o2)nn1. The third-order valence-corrected chi connectivity index (χ3v) is 3.73. The second-order valence-electron chi connectivity index (χ2n) is 4.54. The van der Waals surface area contributed by atoms with Gasteiger partial charge in [0.2, 0.25) is 0 Å². The smallest absolute Gasteiger partial charge is 0.151 e. The summed E-state index contributed by atoms with van der Waals surface area (Å²) in [7, 11) is 1.98. The van der Waals surface area contributed by atoms with Gasteiger partial charge in [0.15, 0.2) is 5.82 Å². The van der Waals surface area contributed by atoms with Crippen LogP contribution in [-0.2, 0) is 6.54 Å². The van der Waals surface area contributed by atoms with Gasteiger partial charge in [-0.3, -0.25) is 0 Å². The number of para-hydroxylation sites is 1. The number of hydrogen-bond acceptors (Lipinski definition) is 5. The summed E-state index contributed by atoms with van der Waals surface area (Å²) in [6.07, 6.45) is 1.99. The van der Waals surface area contributed by atoms with Crippen LogP contribution >= 0.6 is 11.8 Å². The number of furan rings is 1. The minimum atomic E-state index is 0.669. The van der Waals surface area contributed by atoms with Crippen molar-refractivity contribution in [3.63, 3.8) is 0 Å². The highest BCUT2D eigenvalue weighted by molar-refractivity contribution is 7.98. The Bertz CT molecular complexity index is 675. The number of hydrogen-bond donors (Lipinski definition) is 0. The third-order valence-electron chi connectivity index (χ3n) is 3.10. The molecular formula is C15H15N3OS. The van der Waals surface area contributed by atoms with Gasteiger partial charge in [-0.1, -0.05) is 18.2 Å². The van der Waals surface area contributed by atoms with Crippen molar-refractivity contribution < 1.29 is 4.42 Å². The molecule has 3 aromatic rings. The van der Waals surface area contributed by atoms with Crippen LogP contribution in [0, 0.1) is 0 Å². The van der Waals surface area contributed by atoms with Gasteiger partial charge in [-0.15, -0.1) is 22.0 Å². The van der Waals surface area contributed by atoms with E-state index in [1.165, 1.54) is 0 Å². The standard InChI is InChI=1S/C15H15N3OS/c1-18(14-7-8-15(20-2)17-16-14)10-12-9-11-5-3-4-6-13(11)19-12/h3-9H,10H2,1-2H3. The number of aromatic nitrogens is 2. The van der Waals surface area contributed by atoms with Crippen molar-refractivity contribution >= 4 is 28.5 Å². The van der Waals surface area contributed by atoms with Crippen LogP contribution in [0.15, 0.2) is 51.9 Å². The van der Waals surface area contributed by atoms with E-state index in [0.29, 0.717) is 6.54 Å². The Balaban J connectivity index is 1.78. The van der Waals surface area contributed by atoms with Gasteiger partial charge in [-0.25, -0.2) is 0 Å². The van der Waals surface area contributed by atoms with E-state index < -0.39 is 0 Å². The van der Waals surface area contributed by atoms with Crippen LogP contribution in [0.1, 0.15) is 5.76 Å². The Hall–Kier alpha value is -2.01. The zero-order valence-corrected chi connectivity index (χ0v) is 12.2. The molecule has 2 aromatic heterocycles. The van der Waals surface area contributed by atoms with Gasteiger partial charge in [-0.2, -0.15) is 0 Å². The molecule has 0 aliphatic heterocycles. The van der Waals surface area contributed by atoms with Crippen molar-refractivity contribution in [1.82, 2.24) is 10.2 Å². The molecule has 4 nitrogen and oxygen atoms in total. The van der Waals surface area contributed by atoms with Crippen LogP contribution in [0.2, 0.25) is 0 Å². The second kappa shape index (κ2) is 5.54. The van der Waals surface area contributed by atoms with Gasteiger partial charge in [0.25, 0.3) is 0 Å². The van der Waals surface area contributed by atoms with Gasteiger partial charge < -0.3 is 9.32 Å². The van der Waals surface area contributed by atoms with Crippen molar-refractivity contribution in [3.05, 3.63) is 48.2 Å². The number of nitrogens with zero attached hydrogens (tertiary/aromatic N) is 3. The maximum Gasteiger partial charge on any atom is 0.151 e. The van der Waals surface area contributed by atoms with Crippen LogP contribution in [0.25, 0.3) is 11.0 Å². The lowest BCUT2D eigenvalue weighted by Gasteiger charge is -2.15. The van der Waals surface area contributed by atoms with Gasteiger partial charge in [0.05, 0.1) is 6.54 Å². The van der Waals surface area contributed by atoms with E-state index in [1.807, 2.05) is 48.5 Å². The van der Waals surface area contributed by atoms with E-state index in [0.717, 1.165) is 27.6 Å². The monoisotopic (exact) mass is 285 g/mol. The zero-order valence-electron chi connectivity index (χ0n) is 11.4. The molecule has 3 rings (SSSR count). The zero-order chi connectivity index (χ0) is 13.9. The first-order valence-electron chi connectivity index (χ1n) is 6.32. The summed E-state index contributed by atoms with van der Waals surface area (Å²) in [6, 6.07) is 14.0. The fourth-order valence-electron chi connectivity index (χ4n) is 2.05. The van der Waals surface area contributed by atoms with Crippen molar-refractivity contribution in [3.8, 4) is 0 Å². The molecule has 0 amide bonds. The molecule has 0 aliphatic rings. The largest absolute Gasteiger partial charge is 0.459 e. The highest BCUT2D eigenvalue weighted by Crippen LogP contribution is 2.21. The molecule has 5 heteroatoms. The quantitative estimate of drug-likeness (QED) is 0.685. The molecule has 102 valence electrons. The molecule has 0 radical (unpaired) electrons. The van der Waals surface area contributed by atoms with Gasteiger partial charge in [-0.05, 0) is 30.5 Å². The summed E-state index contributed by atoms with van der Waals surface area (Å²) in [5.74, 6) is 1.76. The van der Waals surface area contributed by atoms with Crippen molar-refractivity contribution in [2.45, 2.75) is 11.6 Å². The molecule has 1 aromatic carbocycles. The van der Waals surface area contributed by atoms with Crippen molar-refractivity contribution in [2.75, 3.05) is 18.2 Å². The lowest BCUT2D eigenvalue weighted by atomic mass is 10.2. The summed E-state index contributed by atoms with van der Waals surface area (Å²) in [5, 5.41) is 10.4. The van der Waals surface area contributed by atoms with Gasteiger partial charge >= 0.3 is 0 Å². The molecule has 0 unspecified atom stereocenters. The average molecular weight is 285 g/mol. The molecule has 0 saturated carbocycles. The Kier molecular flexibility index (Phi) is 3.60. The molecule has 0 fully saturated rings. The molecule has 0 N–H and O–H groups in total. The lowest BCUT2D eigenvalue weighted by molar-refractivity contribution is 0.544. The first-order chi connectivity index (χ1) is 9.76. The predicted molar refractivity (Wildman–Crippen MR) is 82.1 cm³/mol. The van der Waals surface area contributed by atoms with E-state index in [2.05, 4.69) is 22.3 Å². The Morgan fingerprint density at radius 1 is 1.15 bits per heavy atom. The Labute approximate surface area is 121 Å². The van der Waals surface area contributed by atoms with Crippen LogP contribution in [0.4, 0.5) is 5.82 Å². The van der Waals surface area contributed by atoms with E-state index >= 15 is 0 Å². The minimum absolute atomic E-state index is 0.669. The number of rotatable bonds is 4. The minimum Gasteiger partial charge on any atom is -0.459 e. The summed E-state index contributed by atoms with van der Waals surface area (Å²) in [6.45, 7) is 0.669. The number of fused-ring (bicyclic) bond motifs is 1. The summed E-state index contributed by atoms with van der Waals surface area (Å²) >= 11 is 1.59. The topological polar surface area (TPSA) is 42.2 Å². The predicted octanol–water partition coefficient (Wildman–Crippen LogP) is 3.58. The molecule has 2 heterocycles. The van der Waals surface area contributed by atoms with E-state index in [-0.39, 0.29) is 0 Å². The first-order valence-corrected chi connectivity index (χ1v) is 7.55. The van der Waals surface area contributed by atoms with Crippen molar-refractivity contribution in [1.29, 1.82) is 0 Å². The molecule has 0 aliphatic carbocycles. The Morgan fingerprint density at radius 3 is 2.70 bits per heavy atom. The van der Waals surface area contributed by atoms with E-state index in [4.69, 9.17) is 4.42 Å². The van der Waals surface area contributed by atoms with E-state index in [9.17, 15) is 0 Å². The molecule has 0 bridgehead atoms. The highest BCUT2D eigenvalue weighted by Gasteiger charge is 2.08. The third kappa shape index (κ3) is 2.63. The molecule has 0 saturated heterocycles. The summed E-state index contributed by atoms with van der Waals surface area (Å²) in [4.78, 5) is 2.02. The van der Waals surface area contributed by atoms with Crippen LogP contribution in [-0.4, -0.2) is 23.5 Å². The first kappa shape index (κ1) is 13.0. The van der Waals surface area contributed by atoms with Gasteiger partial charge in [0, 0.05) is 12.4 Å². The van der Waals surface area contributed by atoms with Crippen LogP contribution < -0.4 is 4.90 Å². The molecule has 20 heavy (non-hydrogen) atoms. The van der Waals surface area contributed by atoms with Gasteiger partial charge in [0.1, 0.15) is 16.4 Å². The lowest BCUT2D eigenvalue weighted by Crippen LogP contribution is -2.17. The number of thioether (sulfide) groups is 1. The highest BCUT2D eigenvalue weighted by atomic mass is 32.2. The maximum absolute atomic E-state index is 5.81. The second-order valence-corrected chi connectivity index (χ2v) is 5.37. The average Bonchev–Trinajstić information content (AvgIpc) is 2.89. The summed E-state index contributed by atoms with van der Waals surface area (Å²) < 4.78 is 5.81. The molecular weight excluding hydrogens is 270 g/mol. The fraction of sp³-hybridized carbons (Fsp3) is 0.200. The van der Waals surface area contributed by atoms with Crippen LogP contribution in [0.5, 0.6) is 0 Å². The van der Waals surface area contributed by atoms with E-state index in [1.54, 1.807) is 11.8 Å². The van der Waals surface area contributed by atoms with Crippen LogP contribution in [0.3, 0.4) is 0 Å². The number of anilines is 1. The maximum atomic E-state index is 5.81. The molecule has 0 spiro atoms. The Morgan fingerprint density at radius 2 is 2.00 bits per heavy atom. The van der Waals surface area contributed by atoms with Crippen molar-refractivity contribution in [2.24, 2.45) is 0 Å².